The normalized spacial score (nSPS) is 19.8. The highest BCUT2D eigenvalue weighted by atomic mass is 16.5. The van der Waals surface area contributed by atoms with Crippen molar-refractivity contribution >= 4 is 11.6 Å². The fourth-order valence-corrected chi connectivity index (χ4v) is 3.57. The van der Waals surface area contributed by atoms with Crippen LogP contribution in [0.1, 0.15) is 48.5 Å². The lowest BCUT2D eigenvalue weighted by Crippen LogP contribution is -2.36. The zero-order valence-corrected chi connectivity index (χ0v) is 15.6. The third-order valence-electron chi connectivity index (χ3n) is 5.22. The number of benzene rings is 2. The summed E-state index contributed by atoms with van der Waals surface area (Å²) in [5.74, 6) is 1.37. The SMILES string of the molecule is COc1ccc(C(=O)Nc2cccc(CN[C@@H]3CCCC[C@@H]3C)c2)cc1. The second-order valence-electron chi connectivity index (χ2n) is 7.13. The third kappa shape index (κ3) is 4.85. The minimum absolute atomic E-state index is 0.112. The van der Waals surface area contributed by atoms with Crippen LogP contribution in [0.3, 0.4) is 0 Å². The quantitative estimate of drug-likeness (QED) is 0.798. The first-order valence-electron chi connectivity index (χ1n) is 9.43. The number of anilines is 1. The molecule has 1 saturated carbocycles. The number of carbonyl (C=O) groups excluding carboxylic acids is 1. The summed E-state index contributed by atoms with van der Waals surface area (Å²) in [5, 5.41) is 6.66. The Labute approximate surface area is 156 Å². The van der Waals surface area contributed by atoms with Crippen LogP contribution in [-0.4, -0.2) is 19.1 Å². The molecule has 2 aromatic carbocycles. The van der Waals surface area contributed by atoms with E-state index in [9.17, 15) is 4.79 Å². The van der Waals surface area contributed by atoms with Crippen molar-refractivity contribution < 1.29 is 9.53 Å². The molecule has 0 spiro atoms. The predicted molar refractivity (Wildman–Crippen MR) is 106 cm³/mol. The van der Waals surface area contributed by atoms with Gasteiger partial charge in [-0.3, -0.25) is 4.79 Å². The van der Waals surface area contributed by atoms with E-state index in [0.717, 1.165) is 23.9 Å². The van der Waals surface area contributed by atoms with E-state index in [1.165, 1.54) is 31.2 Å². The van der Waals surface area contributed by atoms with Crippen LogP contribution in [0.4, 0.5) is 5.69 Å². The smallest absolute Gasteiger partial charge is 0.255 e. The molecule has 1 amide bonds. The number of nitrogens with one attached hydrogen (secondary N) is 2. The lowest BCUT2D eigenvalue weighted by Gasteiger charge is -2.29. The van der Waals surface area contributed by atoms with E-state index in [0.29, 0.717) is 11.6 Å². The highest BCUT2D eigenvalue weighted by Gasteiger charge is 2.20. The Morgan fingerprint density at radius 1 is 1.12 bits per heavy atom. The van der Waals surface area contributed by atoms with Crippen LogP contribution in [0.2, 0.25) is 0 Å². The van der Waals surface area contributed by atoms with Crippen molar-refractivity contribution in [1.29, 1.82) is 0 Å². The van der Waals surface area contributed by atoms with Gasteiger partial charge in [-0.1, -0.05) is 31.9 Å². The van der Waals surface area contributed by atoms with Crippen LogP contribution in [0.15, 0.2) is 48.5 Å². The number of hydrogen-bond donors (Lipinski definition) is 2. The average molecular weight is 352 g/mol. The summed E-state index contributed by atoms with van der Waals surface area (Å²) in [6.07, 6.45) is 5.25. The van der Waals surface area contributed by atoms with Crippen LogP contribution in [-0.2, 0) is 6.54 Å². The van der Waals surface area contributed by atoms with Crippen molar-refractivity contribution in [2.24, 2.45) is 5.92 Å². The van der Waals surface area contributed by atoms with Gasteiger partial charge in [0.25, 0.3) is 5.91 Å². The summed E-state index contributed by atoms with van der Waals surface area (Å²) in [4.78, 5) is 12.4. The molecule has 138 valence electrons. The Bertz CT molecular complexity index is 727. The van der Waals surface area contributed by atoms with E-state index in [1.807, 2.05) is 18.2 Å². The van der Waals surface area contributed by atoms with Gasteiger partial charge in [-0.25, -0.2) is 0 Å². The van der Waals surface area contributed by atoms with Crippen molar-refractivity contribution in [3.05, 3.63) is 59.7 Å². The highest BCUT2D eigenvalue weighted by molar-refractivity contribution is 6.04. The van der Waals surface area contributed by atoms with Crippen LogP contribution < -0.4 is 15.4 Å². The van der Waals surface area contributed by atoms with Gasteiger partial charge in [-0.05, 0) is 60.7 Å². The molecule has 2 N–H and O–H groups in total. The zero-order valence-electron chi connectivity index (χ0n) is 15.6. The fraction of sp³-hybridized carbons (Fsp3) is 0.409. The van der Waals surface area contributed by atoms with E-state index in [4.69, 9.17) is 4.74 Å². The lowest BCUT2D eigenvalue weighted by molar-refractivity contribution is 0.102. The Morgan fingerprint density at radius 3 is 2.62 bits per heavy atom. The van der Waals surface area contributed by atoms with Gasteiger partial charge in [-0.15, -0.1) is 0 Å². The Balaban J connectivity index is 1.58. The van der Waals surface area contributed by atoms with Crippen LogP contribution >= 0.6 is 0 Å². The molecular formula is C22H28N2O2. The van der Waals surface area contributed by atoms with Crippen molar-refractivity contribution in [3.8, 4) is 5.75 Å². The average Bonchev–Trinajstić information content (AvgIpc) is 2.68. The topological polar surface area (TPSA) is 50.4 Å². The minimum atomic E-state index is -0.112. The number of ether oxygens (including phenoxy) is 1. The number of amides is 1. The van der Waals surface area contributed by atoms with Crippen molar-refractivity contribution in [3.63, 3.8) is 0 Å². The highest BCUT2D eigenvalue weighted by Crippen LogP contribution is 2.24. The molecule has 3 rings (SSSR count). The van der Waals surface area contributed by atoms with Gasteiger partial charge >= 0.3 is 0 Å². The summed E-state index contributed by atoms with van der Waals surface area (Å²) < 4.78 is 5.13. The maximum atomic E-state index is 12.4. The Hall–Kier alpha value is -2.33. The number of carbonyl (C=O) groups is 1. The molecule has 0 unspecified atom stereocenters. The predicted octanol–water partition coefficient (Wildman–Crippen LogP) is 4.62. The molecular weight excluding hydrogens is 324 g/mol. The molecule has 4 nitrogen and oxygen atoms in total. The summed E-state index contributed by atoms with van der Waals surface area (Å²) in [7, 11) is 1.61. The van der Waals surface area contributed by atoms with Gasteiger partial charge < -0.3 is 15.4 Å². The van der Waals surface area contributed by atoms with Gasteiger partial charge in [-0.2, -0.15) is 0 Å². The van der Waals surface area contributed by atoms with Crippen LogP contribution in [0.5, 0.6) is 5.75 Å². The third-order valence-corrected chi connectivity index (χ3v) is 5.22. The van der Waals surface area contributed by atoms with E-state index in [2.05, 4.69) is 23.6 Å². The van der Waals surface area contributed by atoms with Crippen molar-refractivity contribution in [1.82, 2.24) is 5.32 Å². The van der Waals surface area contributed by atoms with Crippen LogP contribution in [0, 0.1) is 5.92 Å². The van der Waals surface area contributed by atoms with Gasteiger partial charge in [0.1, 0.15) is 5.75 Å². The second kappa shape index (κ2) is 8.86. The first kappa shape index (κ1) is 18.5. The van der Waals surface area contributed by atoms with E-state index < -0.39 is 0 Å². The zero-order chi connectivity index (χ0) is 18.4. The monoisotopic (exact) mass is 352 g/mol. The Kier molecular flexibility index (Phi) is 6.29. The van der Waals surface area contributed by atoms with Crippen LogP contribution in [0.25, 0.3) is 0 Å². The Morgan fingerprint density at radius 2 is 1.88 bits per heavy atom. The lowest BCUT2D eigenvalue weighted by atomic mass is 9.86. The molecule has 1 aliphatic carbocycles. The number of hydrogen-bond acceptors (Lipinski definition) is 3. The minimum Gasteiger partial charge on any atom is -0.497 e. The molecule has 0 bridgehead atoms. The molecule has 2 atom stereocenters. The van der Waals surface area contributed by atoms with E-state index in [-0.39, 0.29) is 5.91 Å². The first-order valence-corrected chi connectivity index (χ1v) is 9.43. The standard InChI is InChI=1S/C22H28N2O2/c1-16-6-3-4-9-21(16)23-15-17-7-5-8-19(14-17)24-22(25)18-10-12-20(26-2)13-11-18/h5,7-8,10-14,16,21,23H,3-4,6,9,15H2,1-2H3,(H,24,25)/t16-,21+/m0/s1. The van der Waals surface area contributed by atoms with Crippen molar-refractivity contribution in [2.45, 2.75) is 45.2 Å². The fourth-order valence-electron chi connectivity index (χ4n) is 3.57. The largest absolute Gasteiger partial charge is 0.497 e. The molecule has 0 heterocycles. The summed E-state index contributed by atoms with van der Waals surface area (Å²) in [6.45, 7) is 3.17. The molecule has 0 aromatic heterocycles. The molecule has 4 heteroatoms. The van der Waals surface area contributed by atoms with E-state index in [1.54, 1.807) is 31.4 Å². The molecule has 2 aromatic rings. The summed E-state index contributed by atoms with van der Waals surface area (Å²) >= 11 is 0. The molecule has 0 saturated heterocycles. The molecule has 0 radical (unpaired) electrons. The van der Waals surface area contributed by atoms with Gasteiger partial charge in [0.05, 0.1) is 7.11 Å². The van der Waals surface area contributed by atoms with Gasteiger partial charge in [0.2, 0.25) is 0 Å². The molecule has 26 heavy (non-hydrogen) atoms. The maximum absolute atomic E-state index is 12.4. The van der Waals surface area contributed by atoms with Gasteiger partial charge in [0.15, 0.2) is 0 Å². The molecule has 1 fully saturated rings. The van der Waals surface area contributed by atoms with E-state index >= 15 is 0 Å². The second-order valence-corrected chi connectivity index (χ2v) is 7.13. The molecule has 1 aliphatic rings. The number of rotatable bonds is 6. The first-order chi connectivity index (χ1) is 12.7. The summed E-state index contributed by atoms with van der Waals surface area (Å²) in [5.41, 5.74) is 2.63. The van der Waals surface area contributed by atoms with Crippen molar-refractivity contribution in [2.75, 3.05) is 12.4 Å². The summed E-state index contributed by atoms with van der Waals surface area (Å²) in [6, 6.07) is 15.8. The maximum Gasteiger partial charge on any atom is 0.255 e. The molecule has 0 aliphatic heterocycles. The number of methoxy groups -OCH3 is 1. The van der Waals surface area contributed by atoms with Gasteiger partial charge in [0, 0.05) is 23.8 Å².